The molecule has 0 radical (unpaired) electrons. The highest BCUT2D eigenvalue weighted by Gasteiger charge is 2.29. The zero-order chi connectivity index (χ0) is 9.19. The molecule has 0 spiro atoms. The normalized spacial score (nSPS) is 26.5. The van der Waals surface area contributed by atoms with E-state index in [1.807, 2.05) is 4.90 Å². The van der Waals surface area contributed by atoms with Gasteiger partial charge in [-0.2, -0.15) is 13.2 Å². The second-order valence-electron chi connectivity index (χ2n) is 3.56. The van der Waals surface area contributed by atoms with Crippen molar-refractivity contribution < 1.29 is 13.2 Å². The number of hydrogen-bond acceptors (Lipinski definition) is 1. The van der Waals surface area contributed by atoms with Crippen LogP contribution in [0.1, 0.15) is 19.8 Å². The van der Waals surface area contributed by atoms with Gasteiger partial charge < -0.3 is 4.90 Å². The molecule has 0 aromatic rings. The van der Waals surface area contributed by atoms with Crippen LogP contribution in [0.25, 0.3) is 0 Å². The number of rotatable bonds is 2. The van der Waals surface area contributed by atoms with Crippen molar-refractivity contribution in [2.24, 2.45) is 5.92 Å². The molecule has 1 nitrogen and oxygen atoms in total. The summed E-state index contributed by atoms with van der Waals surface area (Å²) >= 11 is 0. The minimum atomic E-state index is -3.99. The van der Waals surface area contributed by atoms with E-state index in [0.29, 0.717) is 5.92 Å². The highest BCUT2D eigenvalue weighted by Crippen LogP contribution is 2.22. The van der Waals surface area contributed by atoms with Crippen molar-refractivity contribution in [1.29, 1.82) is 0 Å². The van der Waals surface area contributed by atoms with Gasteiger partial charge in [-0.25, -0.2) is 0 Å². The average molecular weight is 181 g/mol. The highest BCUT2D eigenvalue weighted by molar-refractivity contribution is 4.72. The van der Waals surface area contributed by atoms with E-state index in [-0.39, 0.29) is 6.54 Å². The van der Waals surface area contributed by atoms with Gasteiger partial charge in [-0.05, 0) is 18.9 Å². The first-order chi connectivity index (χ1) is 5.47. The van der Waals surface area contributed by atoms with Crippen LogP contribution in [0.2, 0.25) is 0 Å². The van der Waals surface area contributed by atoms with Gasteiger partial charge >= 0.3 is 6.18 Å². The number of halogens is 3. The summed E-state index contributed by atoms with van der Waals surface area (Å²) in [5, 5.41) is 0. The van der Waals surface area contributed by atoms with Crippen LogP contribution in [0, 0.1) is 5.92 Å². The van der Waals surface area contributed by atoms with Crippen LogP contribution in [0.4, 0.5) is 13.2 Å². The van der Waals surface area contributed by atoms with E-state index in [1.165, 1.54) is 0 Å². The third kappa shape index (κ3) is 3.43. The molecule has 1 saturated heterocycles. The second kappa shape index (κ2) is 3.64. The Balaban J connectivity index is 2.16. The average Bonchev–Trinajstić information content (AvgIpc) is 2.30. The van der Waals surface area contributed by atoms with Crippen molar-refractivity contribution in [1.82, 2.24) is 4.90 Å². The molecule has 72 valence electrons. The lowest BCUT2D eigenvalue weighted by Crippen LogP contribution is -2.25. The molecule has 0 amide bonds. The maximum absolute atomic E-state index is 11.8. The van der Waals surface area contributed by atoms with E-state index >= 15 is 0 Å². The maximum atomic E-state index is 11.8. The number of likely N-dealkylation sites (tertiary alicyclic amines) is 1. The summed E-state index contributed by atoms with van der Waals surface area (Å²) in [7, 11) is 0. The monoisotopic (exact) mass is 181 g/mol. The third-order valence-corrected chi connectivity index (χ3v) is 2.22. The Morgan fingerprint density at radius 3 is 2.50 bits per heavy atom. The second-order valence-corrected chi connectivity index (χ2v) is 3.56. The lowest BCUT2D eigenvalue weighted by molar-refractivity contribution is -0.137. The third-order valence-electron chi connectivity index (χ3n) is 2.22. The zero-order valence-electron chi connectivity index (χ0n) is 7.19. The van der Waals surface area contributed by atoms with Gasteiger partial charge in [-0.15, -0.1) is 0 Å². The molecule has 1 fully saturated rings. The molecule has 1 aliphatic heterocycles. The fraction of sp³-hybridized carbons (Fsp3) is 1.00. The van der Waals surface area contributed by atoms with E-state index in [4.69, 9.17) is 0 Å². The van der Waals surface area contributed by atoms with Gasteiger partial charge in [-0.3, -0.25) is 0 Å². The number of nitrogens with zero attached hydrogens (tertiary/aromatic N) is 1. The lowest BCUT2D eigenvalue weighted by atomic mass is 10.2. The first kappa shape index (κ1) is 9.84. The summed E-state index contributed by atoms with van der Waals surface area (Å²) in [5.41, 5.74) is 0. The Morgan fingerprint density at radius 2 is 2.08 bits per heavy atom. The zero-order valence-corrected chi connectivity index (χ0v) is 7.19. The first-order valence-corrected chi connectivity index (χ1v) is 4.26. The largest absolute Gasteiger partial charge is 0.390 e. The number of alkyl halides is 3. The first-order valence-electron chi connectivity index (χ1n) is 4.26. The summed E-state index contributed by atoms with van der Waals surface area (Å²) in [6, 6.07) is 0. The van der Waals surface area contributed by atoms with E-state index in [1.54, 1.807) is 0 Å². The standard InChI is InChI=1S/C8H14F3N/c1-7-2-4-12(6-7)5-3-8(9,10)11/h7H,2-6H2,1H3/t7-/m1/s1. The molecule has 1 heterocycles. The van der Waals surface area contributed by atoms with Gasteiger partial charge in [0.05, 0.1) is 6.42 Å². The Morgan fingerprint density at radius 1 is 1.42 bits per heavy atom. The van der Waals surface area contributed by atoms with E-state index in [9.17, 15) is 13.2 Å². The van der Waals surface area contributed by atoms with Crippen molar-refractivity contribution in [2.75, 3.05) is 19.6 Å². The fourth-order valence-electron chi connectivity index (χ4n) is 1.51. The van der Waals surface area contributed by atoms with Gasteiger partial charge in [0.2, 0.25) is 0 Å². The fourth-order valence-corrected chi connectivity index (χ4v) is 1.51. The molecule has 0 N–H and O–H groups in total. The molecule has 0 aromatic carbocycles. The molecule has 0 bridgehead atoms. The Bertz CT molecular complexity index is 144. The van der Waals surface area contributed by atoms with Gasteiger partial charge in [0.25, 0.3) is 0 Å². The summed E-state index contributed by atoms with van der Waals surface area (Å²) in [5.74, 6) is 0.568. The molecule has 1 atom stereocenters. The van der Waals surface area contributed by atoms with Crippen LogP contribution >= 0.6 is 0 Å². The van der Waals surface area contributed by atoms with Crippen molar-refractivity contribution in [3.8, 4) is 0 Å². The van der Waals surface area contributed by atoms with Gasteiger partial charge in [0.1, 0.15) is 0 Å². The van der Waals surface area contributed by atoms with Gasteiger partial charge in [0.15, 0.2) is 0 Å². The molecule has 4 heteroatoms. The van der Waals surface area contributed by atoms with Crippen LogP contribution in [-0.2, 0) is 0 Å². The Labute approximate surface area is 70.5 Å². The molecular weight excluding hydrogens is 167 g/mol. The molecule has 12 heavy (non-hydrogen) atoms. The van der Waals surface area contributed by atoms with Crippen LogP contribution in [0.15, 0.2) is 0 Å². The summed E-state index contributed by atoms with van der Waals surface area (Å²) in [6.07, 6.45) is -3.62. The molecule has 0 saturated carbocycles. The molecule has 0 aromatic heterocycles. The predicted molar refractivity (Wildman–Crippen MR) is 40.9 cm³/mol. The van der Waals surface area contributed by atoms with E-state index < -0.39 is 12.6 Å². The topological polar surface area (TPSA) is 3.24 Å². The molecule has 1 aliphatic rings. The summed E-state index contributed by atoms with van der Waals surface area (Å²) < 4.78 is 35.3. The van der Waals surface area contributed by atoms with Crippen LogP contribution in [0.3, 0.4) is 0 Å². The molecule has 0 unspecified atom stereocenters. The predicted octanol–water partition coefficient (Wildman–Crippen LogP) is 2.28. The molecule has 1 rings (SSSR count). The Kier molecular flexibility index (Phi) is 2.99. The minimum Gasteiger partial charge on any atom is -0.303 e. The van der Waals surface area contributed by atoms with Gasteiger partial charge in [0, 0.05) is 13.1 Å². The summed E-state index contributed by atoms with van der Waals surface area (Å²) in [4.78, 5) is 1.89. The number of hydrogen-bond donors (Lipinski definition) is 0. The molecule has 0 aliphatic carbocycles. The SMILES string of the molecule is C[C@@H]1CCN(CCC(F)(F)F)C1. The van der Waals surface area contributed by atoms with Crippen molar-refractivity contribution in [3.05, 3.63) is 0 Å². The lowest BCUT2D eigenvalue weighted by Gasteiger charge is -2.15. The van der Waals surface area contributed by atoms with Crippen molar-refractivity contribution in [2.45, 2.75) is 25.9 Å². The Hall–Kier alpha value is -0.250. The minimum absolute atomic E-state index is 0.174. The molecular formula is C8H14F3N. The highest BCUT2D eigenvalue weighted by atomic mass is 19.4. The van der Waals surface area contributed by atoms with Crippen molar-refractivity contribution >= 4 is 0 Å². The van der Waals surface area contributed by atoms with Gasteiger partial charge in [-0.1, -0.05) is 6.92 Å². The smallest absolute Gasteiger partial charge is 0.303 e. The quantitative estimate of drug-likeness (QED) is 0.631. The van der Waals surface area contributed by atoms with Crippen LogP contribution < -0.4 is 0 Å². The van der Waals surface area contributed by atoms with Crippen molar-refractivity contribution in [3.63, 3.8) is 0 Å². The summed E-state index contributed by atoms with van der Waals surface area (Å²) in [6.45, 7) is 3.91. The van der Waals surface area contributed by atoms with Crippen LogP contribution in [-0.4, -0.2) is 30.7 Å². The maximum Gasteiger partial charge on any atom is 0.390 e. The van der Waals surface area contributed by atoms with Crippen LogP contribution in [0.5, 0.6) is 0 Å². The van der Waals surface area contributed by atoms with E-state index in [0.717, 1.165) is 19.5 Å². The van der Waals surface area contributed by atoms with E-state index in [2.05, 4.69) is 6.92 Å².